The Kier molecular flexibility index (Phi) is 5.96. The number of benzene rings is 2. The number of fused-ring (bicyclic) bond motifs is 1. The van der Waals surface area contributed by atoms with Gasteiger partial charge < -0.3 is 9.72 Å². The van der Waals surface area contributed by atoms with E-state index in [1.807, 2.05) is 90.3 Å². The minimum atomic E-state index is -0.457. The molecule has 0 bridgehead atoms. The van der Waals surface area contributed by atoms with Crippen LogP contribution >= 0.6 is 0 Å². The van der Waals surface area contributed by atoms with Crippen molar-refractivity contribution < 1.29 is 9.59 Å². The lowest BCUT2D eigenvalue weighted by Gasteiger charge is -2.04. The molecule has 4 aromatic rings. The zero-order valence-corrected chi connectivity index (χ0v) is 17.6. The number of hydrogen-bond donors (Lipinski definition) is 1. The standard InChI is InChI=1S/C27H21N3O2/c1-19-23(16-22(17-28)27(32)29-18-20-10-4-2-5-11-20)24-14-8-9-15-30(24)25(19)26(31)21-12-6-3-7-13-21/h2-16H,18H2,1H3,(H,29,32)/b22-16+. The van der Waals surface area contributed by atoms with E-state index in [2.05, 4.69) is 5.32 Å². The number of ketones is 1. The number of carbonyl (C=O) groups is 2. The van der Waals surface area contributed by atoms with Crippen LogP contribution in [-0.4, -0.2) is 16.1 Å². The summed E-state index contributed by atoms with van der Waals surface area (Å²) in [4.78, 5) is 25.9. The van der Waals surface area contributed by atoms with Crippen molar-refractivity contribution in [3.05, 3.63) is 119 Å². The summed E-state index contributed by atoms with van der Waals surface area (Å²) in [6.07, 6.45) is 3.38. The molecule has 2 heterocycles. The fraction of sp³-hybridized carbons (Fsp3) is 0.0741. The molecule has 0 aliphatic heterocycles. The molecule has 0 atom stereocenters. The zero-order valence-electron chi connectivity index (χ0n) is 17.6. The predicted molar refractivity (Wildman–Crippen MR) is 124 cm³/mol. The third-order valence-corrected chi connectivity index (χ3v) is 5.34. The van der Waals surface area contributed by atoms with E-state index in [1.54, 1.807) is 18.2 Å². The average Bonchev–Trinajstić information content (AvgIpc) is 3.12. The van der Waals surface area contributed by atoms with E-state index in [0.29, 0.717) is 28.9 Å². The summed E-state index contributed by atoms with van der Waals surface area (Å²) in [7, 11) is 0. The molecule has 1 amide bonds. The molecule has 5 nitrogen and oxygen atoms in total. The third kappa shape index (κ3) is 4.07. The third-order valence-electron chi connectivity index (χ3n) is 5.34. The Bertz CT molecular complexity index is 1360. The second kappa shape index (κ2) is 9.15. The van der Waals surface area contributed by atoms with Gasteiger partial charge in [0.25, 0.3) is 5.91 Å². The summed E-state index contributed by atoms with van der Waals surface area (Å²) < 4.78 is 1.81. The zero-order chi connectivity index (χ0) is 22.5. The fourth-order valence-electron chi connectivity index (χ4n) is 3.71. The lowest BCUT2D eigenvalue weighted by Crippen LogP contribution is -2.23. The number of amides is 1. The van der Waals surface area contributed by atoms with Crippen molar-refractivity contribution in [2.45, 2.75) is 13.5 Å². The van der Waals surface area contributed by atoms with Crippen LogP contribution in [-0.2, 0) is 11.3 Å². The fourth-order valence-corrected chi connectivity index (χ4v) is 3.71. The van der Waals surface area contributed by atoms with Gasteiger partial charge in [0, 0.05) is 23.9 Å². The minimum absolute atomic E-state index is 0.0147. The number of nitrogens with one attached hydrogen (secondary N) is 1. The number of carbonyl (C=O) groups excluding carboxylic acids is 2. The van der Waals surface area contributed by atoms with Gasteiger partial charge in [0.1, 0.15) is 11.6 Å². The van der Waals surface area contributed by atoms with Crippen LogP contribution in [0.3, 0.4) is 0 Å². The van der Waals surface area contributed by atoms with Gasteiger partial charge in [0.05, 0.1) is 11.2 Å². The van der Waals surface area contributed by atoms with Crippen molar-refractivity contribution in [1.82, 2.24) is 9.72 Å². The molecule has 0 saturated heterocycles. The number of aromatic nitrogens is 1. The lowest BCUT2D eigenvalue weighted by molar-refractivity contribution is -0.117. The van der Waals surface area contributed by atoms with Crippen molar-refractivity contribution in [2.24, 2.45) is 0 Å². The van der Waals surface area contributed by atoms with Gasteiger partial charge in [-0.3, -0.25) is 9.59 Å². The van der Waals surface area contributed by atoms with Crippen LogP contribution < -0.4 is 5.32 Å². The normalized spacial score (nSPS) is 11.2. The summed E-state index contributed by atoms with van der Waals surface area (Å²) >= 11 is 0. The van der Waals surface area contributed by atoms with Gasteiger partial charge in [-0.2, -0.15) is 5.26 Å². The van der Waals surface area contributed by atoms with E-state index in [1.165, 1.54) is 0 Å². The topological polar surface area (TPSA) is 74.4 Å². The summed E-state index contributed by atoms with van der Waals surface area (Å²) in [5.41, 5.74) is 4.17. The smallest absolute Gasteiger partial charge is 0.262 e. The van der Waals surface area contributed by atoms with Gasteiger partial charge in [0.2, 0.25) is 5.78 Å². The first-order chi connectivity index (χ1) is 15.6. The summed E-state index contributed by atoms with van der Waals surface area (Å²) in [5, 5.41) is 12.4. The molecule has 0 aliphatic rings. The molecule has 32 heavy (non-hydrogen) atoms. The second-order valence-corrected chi connectivity index (χ2v) is 7.38. The van der Waals surface area contributed by atoms with Gasteiger partial charge in [-0.25, -0.2) is 0 Å². The Labute approximate surface area is 186 Å². The van der Waals surface area contributed by atoms with E-state index in [0.717, 1.165) is 11.1 Å². The van der Waals surface area contributed by atoms with Crippen molar-refractivity contribution >= 4 is 23.3 Å². The Morgan fingerprint density at radius 3 is 2.31 bits per heavy atom. The molecule has 1 N–H and O–H groups in total. The van der Waals surface area contributed by atoms with Gasteiger partial charge in [-0.05, 0) is 36.3 Å². The monoisotopic (exact) mass is 419 g/mol. The van der Waals surface area contributed by atoms with Crippen LogP contribution in [0.1, 0.15) is 32.7 Å². The van der Waals surface area contributed by atoms with Crippen molar-refractivity contribution in [1.29, 1.82) is 5.26 Å². The van der Waals surface area contributed by atoms with Gasteiger partial charge >= 0.3 is 0 Å². The van der Waals surface area contributed by atoms with E-state index >= 15 is 0 Å². The van der Waals surface area contributed by atoms with Crippen molar-refractivity contribution in [2.75, 3.05) is 0 Å². The molecule has 5 heteroatoms. The molecule has 156 valence electrons. The van der Waals surface area contributed by atoms with Crippen molar-refractivity contribution in [3.8, 4) is 6.07 Å². The van der Waals surface area contributed by atoms with Gasteiger partial charge in [-0.1, -0.05) is 66.7 Å². The molecule has 0 unspecified atom stereocenters. The highest BCUT2D eigenvalue weighted by molar-refractivity contribution is 6.11. The molecule has 0 spiro atoms. The Hall–Kier alpha value is -4.43. The second-order valence-electron chi connectivity index (χ2n) is 7.38. The minimum Gasteiger partial charge on any atom is -0.347 e. The predicted octanol–water partition coefficient (Wildman–Crippen LogP) is 4.70. The largest absolute Gasteiger partial charge is 0.347 e. The Morgan fingerprint density at radius 2 is 1.62 bits per heavy atom. The molecule has 0 aliphatic carbocycles. The SMILES string of the molecule is Cc1c(/C=C(\C#N)C(=O)NCc2ccccc2)c2ccccn2c1C(=O)c1ccccc1. The molecule has 0 radical (unpaired) electrons. The van der Waals surface area contributed by atoms with E-state index < -0.39 is 5.91 Å². The maximum absolute atomic E-state index is 13.3. The summed E-state index contributed by atoms with van der Waals surface area (Å²) in [6.45, 7) is 2.16. The summed E-state index contributed by atoms with van der Waals surface area (Å²) in [6, 6.07) is 26.2. The molecule has 0 fully saturated rings. The van der Waals surface area contributed by atoms with E-state index in [-0.39, 0.29) is 11.4 Å². The van der Waals surface area contributed by atoms with Crippen LogP contribution in [0, 0.1) is 18.3 Å². The first-order valence-electron chi connectivity index (χ1n) is 10.2. The first-order valence-corrected chi connectivity index (χ1v) is 10.2. The highest BCUT2D eigenvalue weighted by Crippen LogP contribution is 2.27. The van der Waals surface area contributed by atoms with Gasteiger partial charge in [0.15, 0.2) is 0 Å². The highest BCUT2D eigenvalue weighted by Gasteiger charge is 2.21. The quantitative estimate of drug-likeness (QED) is 0.280. The summed E-state index contributed by atoms with van der Waals surface area (Å²) in [5.74, 6) is -0.571. The molecule has 4 rings (SSSR count). The molecule has 2 aromatic heterocycles. The molecular weight excluding hydrogens is 398 g/mol. The van der Waals surface area contributed by atoms with Crippen LogP contribution in [0.25, 0.3) is 11.6 Å². The van der Waals surface area contributed by atoms with Crippen LogP contribution in [0.2, 0.25) is 0 Å². The number of nitrogens with zero attached hydrogens (tertiary/aromatic N) is 2. The molecule has 2 aromatic carbocycles. The Balaban J connectivity index is 1.73. The number of hydrogen-bond acceptors (Lipinski definition) is 3. The maximum atomic E-state index is 13.3. The lowest BCUT2D eigenvalue weighted by atomic mass is 10.0. The van der Waals surface area contributed by atoms with Gasteiger partial charge in [-0.15, -0.1) is 0 Å². The highest BCUT2D eigenvalue weighted by atomic mass is 16.1. The molecule has 0 saturated carbocycles. The Morgan fingerprint density at radius 1 is 0.969 bits per heavy atom. The number of nitriles is 1. The van der Waals surface area contributed by atoms with Crippen LogP contribution in [0.4, 0.5) is 0 Å². The average molecular weight is 419 g/mol. The maximum Gasteiger partial charge on any atom is 0.262 e. The van der Waals surface area contributed by atoms with Crippen molar-refractivity contribution in [3.63, 3.8) is 0 Å². The van der Waals surface area contributed by atoms with Crippen LogP contribution in [0.15, 0.2) is 90.6 Å². The van der Waals surface area contributed by atoms with Crippen LogP contribution in [0.5, 0.6) is 0 Å². The van der Waals surface area contributed by atoms with E-state index in [9.17, 15) is 14.9 Å². The number of rotatable bonds is 6. The van der Waals surface area contributed by atoms with E-state index in [4.69, 9.17) is 0 Å². The molecular formula is C27H21N3O2. The number of pyridine rings is 1. The first kappa shape index (κ1) is 20.8.